The van der Waals surface area contributed by atoms with Crippen molar-refractivity contribution in [3.63, 3.8) is 0 Å². The van der Waals surface area contributed by atoms with E-state index in [1.165, 1.54) is 25.1 Å². The van der Waals surface area contributed by atoms with Crippen molar-refractivity contribution in [1.82, 2.24) is 0 Å². The molecular formula is C20H20FNO4. The zero-order valence-electron chi connectivity index (χ0n) is 14.6. The van der Waals surface area contributed by atoms with Gasteiger partial charge in [0, 0.05) is 11.7 Å². The number of carbonyl (C=O) groups excluding carboxylic acids is 2. The molecule has 136 valence electrons. The Labute approximate surface area is 151 Å². The Kier molecular flexibility index (Phi) is 5.21. The molecule has 2 aromatic rings. The number of amides is 1. The number of carbonyl (C=O) groups is 2. The quantitative estimate of drug-likeness (QED) is 0.772. The van der Waals surface area contributed by atoms with E-state index in [1.54, 1.807) is 11.0 Å². The second kappa shape index (κ2) is 7.56. The monoisotopic (exact) mass is 357 g/mol. The lowest BCUT2D eigenvalue weighted by Crippen LogP contribution is -2.43. The van der Waals surface area contributed by atoms with Gasteiger partial charge in [0.15, 0.2) is 24.3 Å². The van der Waals surface area contributed by atoms with E-state index >= 15 is 0 Å². The highest BCUT2D eigenvalue weighted by atomic mass is 19.1. The third-order valence-electron chi connectivity index (χ3n) is 4.28. The summed E-state index contributed by atoms with van der Waals surface area (Å²) in [7, 11) is 0. The van der Waals surface area contributed by atoms with E-state index in [2.05, 4.69) is 0 Å². The topological polar surface area (TPSA) is 55.8 Å². The Balaban J connectivity index is 1.59. The van der Waals surface area contributed by atoms with Crippen molar-refractivity contribution < 1.29 is 23.5 Å². The predicted octanol–water partition coefficient (Wildman–Crippen LogP) is 3.11. The molecule has 1 aliphatic heterocycles. The van der Waals surface area contributed by atoms with Crippen molar-refractivity contribution >= 4 is 17.6 Å². The molecule has 0 aromatic heterocycles. The molecule has 1 heterocycles. The van der Waals surface area contributed by atoms with E-state index in [1.807, 2.05) is 31.2 Å². The van der Waals surface area contributed by atoms with Crippen LogP contribution in [0.1, 0.15) is 19.4 Å². The Morgan fingerprint density at radius 1 is 1.19 bits per heavy atom. The lowest BCUT2D eigenvalue weighted by atomic mass is 10.1. The van der Waals surface area contributed by atoms with Gasteiger partial charge in [-0.15, -0.1) is 0 Å². The third-order valence-corrected chi connectivity index (χ3v) is 4.28. The molecule has 0 bridgehead atoms. The van der Waals surface area contributed by atoms with Crippen LogP contribution < -0.4 is 9.64 Å². The highest BCUT2D eigenvalue weighted by Gasteiger charge is 2.34. The number of esters is 1. The highest BCUT2D eigenvalue weighted by molar-refractivity contribution is 5.99. The molecule has 0 N–H and O–H groups in total. The number of benzene rings is 2. The van der Waals surface area contributed by atoms with E-state index in [-0.39, 0.29) is 17.7 Å². The summed E-state index contributed by atoms with van der Waals surface area (Å²) in [6.07, 6.45) is -0.195. The number of hydrogen-bond donors (Lipinski definition) is 0. The fourth-order valence-electron chi connectivity index (χ4n) is 3.08. The Morgan fingerprint density at radius 3 is 2.65 bits per heavy atom. The Hall–Kier alpha value is -2.89. The van der Waals surface area contributed by atoms with Crippen LogP contribution in [0.4, 0.5) is 10.1 Å². The maximum atomic E-state index is 13.5. The summed E-state index contributed by atoms with van der Waals surface area (Å²) in [6, 6.07) is 13.4. The second-order valence-electron chi connectivity index (χ2n) is 6.24. The largest absolute Gasteiger partial charge is 0.479 e. The van der Waals surface area contributed by atoms with E-state index in [0.29, 0.717) is 0 Å². The molecule has 0 saturated heterocycles. The van der Waals surface area contributed by atoms with Crippen molar-refractivity contribution in [2.24, 2.45) is 0 Å². The molecule has 0 saturated carbocycles. The number of hydrogen-bond acceptors (Lipinski definition) is 4. The summed E-state index contributed by atoms with van der Waals surface area (Å²) < 4.78 is 23.8. The number of para-hydroxylation sites is 2. The van der Waals surface area contributed by atoms with Gasteiger partial charge in [-0.2, -0.15) is 0 Å². The van der Waals surface area contributed by atoms with Gasteiger partial charge < -0.3 is 14.4 Å². The molecule has 1 amide bonds. The minimum Gasteiger partial charge on any atom is -0.479 e. The average molecular weight is 357 g/mol. The number of halogens is 1. The third kappa shape index (κ3) is 3.69. The predicted molar refractivity (Wildman–Crippen MR) is 94.5 cm³/mol. The first kappa shape index (κ1) is 17.9. The number of ether oxygens (including phenoxy) is 2. The zero-order chi connectivity index (χ0) is 18.7. The second-order valence-corrected chi connectivity index (χ2v) is 6.24. The fourth-order valence-corrected chi connectivity index (χ4v) is 3.08. The van der Waals surface area contributed by atoms with Crippen molar-refractivity contribution in [3.8, 4) is 5.75 Å². The maximum absolute atomic E-state index is 13.5. The minimum absolute atomic E-state index is 0.00397. The SMILES string of the molecule is C[C@@H](OC(=O)COc1ccccc1F)C(=O)N1c2ccccc2C[C@@H]1C. The first-order valence-electron chi connectivity index (χ1n) is 8.45. The normalized spacial score (nSPS) is 16.7. The van der Waals surface area contributed by atoms with Gasteiger partial charge in [-0.05, 0) is 44.0 Å². The number of anilines is 1. The summed E-state index contributed by atoms with van der Waals surface area (Å²) in [4.78, 5) is 26.3. The minimum atomic E-state index is -0.958. The summed E-state index contributed by atoms with van der Waals surface area (Å²) in [6.45, 7) is 3.01. The lowest BCUT2D eigenvalue weighted by molar-refractivity contribution is -0.155. The van der Waals surface area contributed by atoms with Crippen molar-refractivity contribution in [2.45, 2.75) is 32.4 Å². The number of rotatable bonds is 5. The summed E-state index contributed by atoms with van der Waals surface area (Å²) in [5.41, 5.74) is 1.94. The molecule has 6 heteroatoms. The smallest absolute Gasteiger partial charge is 0.344 e. The van der Waals surface area contributed by atoms with E-state index in [9.17, 15) is 14.0 Å². The van der Waals surface area contributed by atoms with Gasteiger partial charge in [-0.3, -0.25) is 4.79 Å². The maximum Gasteiger partial charge on any atom is 0.344 e. The van der Waals surface area contributed by atoms with Crippen LogP contribution in [-0.4, -0.2) is 30.6 Å². The molecular weight excluding hydrogens is 337 g/mol. The Bertz CT molecular complexity index is 823. The molecule has 0 aliphatic carbocycles. The molecule has 0 radical (unpaired) electrons. The lowest BCUT2D eigenvalue weighted by Gasteiger charge is -2.25. The fraction of sp³-hybridized carbons (Fsp3) is 0.300. The molecule has 3 rings (SSSR count). The van der Waals surface area contributed by atoms with Gasteiger partial charge in [0.05, 0.1) is 0 Å². The molecule has 26 heavy (non-hydrogen) atoms. The molecule has 0 spiro atoms. The highest BCUT2D eigenvalue weighted by Crippen LogP contribution is 2.32. The molecule has 2 atom stereocenters. The first-order chi connectivity index (χ1) is 12.5. The van der Waals surface area contributed by atoms with Crippen molar-refractivity contribution in [2.75, 3.05) is 11.5 Å². The number of nitrogens with zero attached hydrogens (tertiary/aromatic N) is 1. The molecule has 1 aliphatic rings. The van der Waals surface area contributed by atoms with Gasteiger partial charge in [0.25, 0.3) is 5.91 Å². The van der Waals surface area contributed by atoms with Gasteiger partial charge in [0.1, 0.15) is 0 Å². The van der Waals surface area contributed by atoms with Crippen molar-refractivity contribution in [3.05, 3.63) is 59.9 Å². The van der Waals surface area contributed by atoms with E-state index < -0.39 is 24.5 Å². The van der Waals surface area contributed by atoms with Gasteiger partial charge in [-0.1, -0.05) is 30.3 Å². The number of fused-ring (bicyclic) bond motifs is 1. The van der Waals surface area contributed by atoms with Crippen LogP contribution in [0.5, 0.6) is 5.75 Å². The van der Waals surface area contributed by atoms with Crippen LogP contribution in [0.3, 0.4) is 0 Å². The standard InChI is InChI=1S/C20H20FNO4/c1-13-11-15-7-3-5-9-17(15)22(13)20(24)14(2)26-19(23)12-25-18-10-6-4-8-16(18)21/h3-10,13-14H,11-12H2,1-2H3/t13-,14+/m0/s1. The van der Waals surface area contributed by atoms with Gasteiger partial charge in [-0.25, -0.2) is 9.18 Å². The van der Waals surface area contributed by atoms with E-state index in [4.69, 9.17) is 9.47 Å². The molecule has 0 unspecified atom stereocenters. The van der Waals surface area contributed by atoms with Gasteiger partial charge in [0.2, 0.25) is 0 Å². The zero-order valence-corrected chi connectivity index (χ0v) is 14.6. The van der Waals surface area contributed by atoms with Crippen LogP contribution >= 0.6 is 0 Å². The molecule has 0 fully saturated rings. The molecule has 5 nitrogen and oxygen atoms in total. The van der Waals surface area contributed by atoms with Crippen LogP contribution in [0.25, 0.3) is 0 Å². The summed E-state index contributed by atoms with van der Waals surface area (Å²) in [5, 5.41) is 0. The Morgan fingerprint density at radius 2 is 1.88 bits per heavy atom. The average Bonchev–Trinajstić information content (AvgIpc) is 2.96. The first-order valence-corrected chi connectivity index (χ1v) is 8.45. The molecule has 2 aromatic carbocycles. The van der Waals surface area contributed by atoms with Crippen LogP contribution in [0.2, 0.25) is 0 Å². The van der Waals surface area contributed by atoms with Crippen LogP contribution in [-0.2, 0) is 20.7 Å². The van der Waals surface area contributed by atoms with Crippen LogP contribution in [0.15, 0.2) is 48.5 Å². The van der Waals surface area contributed by atoms with Crippen molar-refractivity contribution in [1.29, 1.82) is 0 Å². The summed E-state index contributed by atoms with van der Waals surface area (Å²) >= 11 is 0. The van der Waals surface area contributed by atoms with Gasteiger partial charge >= 0.3 is 5.97 Å². The van der Waals surface area contributed by atoms with E-state index in [0.717, 1.165) is 17.7 Å². The van der Waals surface area contributed by atoms with Crippen LogP contribution in [0, 0.1) is 5.82 Å². The summed E-state index contributed by atoms with van der Waals surface area (Å²) in [5.74, 6) is -1.62.